The number of halogens is 2. The molecule has 278 valence electrons. The first-order chi connectivity index (χ1) is 24.8. The van der Waals surface area contributed by atoms with E-state index in [1.165, 1.54) is 0 Å². The number of amides is 1. The summed E-state index contributed by atoms with van der Waals surface area (Å²) in [6.07, 6.45) is 5.89. The quantitative estimate of drug-likeness (QED) is 0.192. The molecular weight excluding hydrogens is 699 g/mol. The molecule has 0 radical (unpaired) electrons. The van der Waals surface area contributed by atoms with Crippen molar-refractivity contribution in [3.8, 4) is 17.6 Å². The summed E-state index contributed by atoms with van der Waals surface area (Å²) in [5.74, 6) is 2.17. The zero-order chi connectivity index (χ0) is 37.1. The van der Waals surface area contributed by atoms with Crippen LogP contribution in [0.4, 0.5) is 10.7 Å². The molecule has 0 aliphatic carbocycles. The Balaban J connectivity index is 0.977. The van der Waals surface area contributed by atoms with Crippen molar-refractivity contribution in [2.45, 2.75) is 84.0 Å². The normalized spacial score (nSPS) is 18.1. The minimum atomic E-state index is -0.461. The predicted octanol–water partition coefficient (Wildman–Crippen LogP) is 7.83. The Labute approximate surface area is 318 Å². The maximum atomic E-state index is 12.5. The molecule has 12 heteroatoms. The third kappa shape index (κ3) is 8.70. The SMILES string of the molecule is CC(C)(C)OC(=O)N1CCC(N2CC3(CCN(c4nccc(COc5ccc(C(C)(C)c6cc(Cl)c(OCCCl)c(C#N)c6)cc5)n4)CC3)C2)CC1. The van der Waals surface area contributed by atoms with E-state index in [1.807, 2.05) is 74.3 Å². The zero-order valence-corrected chi connectivity index (χ0v) is 32.5. The van der Waals surface area contributed by atoms with Crippen molar-refractivity contribution in [3.05, 3.63) is 76.1 Å². The molecule has 0 N–H and O–H groups in total. The number of hydrogen-bond acceptors (Lipinski definition) is 9. The van der Waals surface area contributed by atoms with E-state index in [4.69, 9.17) is 42.4 Å². The molecule has 0 unspecified atom stereocenters. The Morgan fingerprint density at radius 3 is 2.31 bits per heavy atom. The van der Waals surface area contributed by atoms with Crippen LogP contribution in [-0.2, 0) is 16.8 Å². The summed E-state index contributed by atoms with van der Waals surface area (Å²) >= 11 is 12.3. The van der Waals surface area contributed by atoms with Gasteiger partial charge in [0.25, 0.3) is 0 Å². The molecule has 0 atom stereocenters. The smallest absolute Gasteiger partial charge is 0.410 e. The van der Waals surface area contributed by atoms with Crippen molar-refractivity contribution in [3.63, 3.8) is 0 Å². The van der Waals surface area contributed by atoms with E-state index in [-0.39, 0.29) is 12.7 Å². The van der Waals surface area contributed by atoms with Crippen LogP contribution in [-0.4, -0.2) is 89.3 Å². The molecule has 10 nitrogen and oxygen atoms in total. The van der Waals surface area contributed by atoms with Crippen LogP contribution in [0.5, 0.6) is 11.5 Å². The van der Waals surface area contributed by atoms with Crippen LogP contribution in [0.2, 0.25) is 5.02 Å². The van der Waals surface area contributed by atoms with Gasteiger partial charge in [0.2, 0.25) is 5.95 Å². The number of carbonyl (C=O) groups is 1. The Bertz CT molecular complexity index is 1750. The highest BCUT2D eigenvalue weighted by Crippen LogP contribution is 2.43. The fourth-order valence-electron chi connectivity index (χ4n) is 7.54. The maximum Gasteiger partial charge on any atom is 0.410 e. The van der Waals surface area contributed by atoms with Crippen LogP contribution in [0.1, 0.15) is 82.7 Å². The van der Waals surface area contributed by atoms with Crippen LogP contribution in [0.3, 0.4) is 0 Å². The highest BCUT2D eigenvalue weighted by Gasteiger charge is 2.47. The molecule has 0 saturated carbocycles. The Morgan fingerprint density at radius 1 is 0.981 bits per heavy atom. The summed E-state index contributed by atoms with van der Waals surface area (Å²) in [6.45, 7) is 16.2. The number of nitriles is 1. The fraction of sp³-hybridized carbons (Fsp3) is 0.550. The summed E-state index contributed by atoms with van der Waals surface area (Å²) in [5.41, 5.74) is 2.66. The number of likely N-dealkylation sites (tertiary alicyclic amines) is 2. The molecule has 4 heterocycles. The van der Waals surface area contributed by atoms with Crippen molar-refractivity contribution in [2.75, 3.05) is 56.7 Å². The molecule has 1 amide bonds. The third-order valence-electron chi connectivity index (χ3n) is 10.7. The number of aromatic nitrogens is 2. The standard InChI is InChI=1S/C40H50Cl2N6O4/c1-38(2,3)52-37(49)47-17-11-32(12-18-47)48-26-40(27-48)13-19-46(20-14-40)36-44-16-10-31(45-36)25-51-33-8-6-29(7-9-33)39(4,5)30-22-28(24-43)35(34(42)23-30)50-21-15-41/h6-10,16,22-23,32H,11-15,17-21,25-27H2,1-5H3. The number of alkyl halides is 1. The van der Waals surface area contributed by atoms with Gasteiger partial charge < -0.3 is 24.0 Å². The van der Waals surface area contributed by atoms with Gasteiger partial charge in [0, 0.05) is 56.9 Å². The molecule has 1 aromatic heterocycles. The van der Waals surface area contributed by atoms with E-state index in [2.05, 4.69) is 34.7 Å². The second-order valence-electron chi connectivity index (χ2n) is 15.9. The average Bonchev–Trinajstić information content (AvgIpc) is 3.12. The van der Waals surface area contributed by atoms with Gasteiger partial charge in [-0.25, -0.2) is 14.8 Å². The molecule has 1 spiro atoms. The van der Waals surface area contributed by atoms with Gasteiger partial charge in [0.1, 0.15) is 30.6 Å². The monoisotopic (exact) mass is 748 g/mol. The van der Waals surface area contributed by atoms with Gasteiger partial charge in [-0.3, -0.25) is 4.90 Å². The molecule has 3 aliphatic rings. The number of anilines is 1. The van der Waals surface area contributed by atoms with Crippen LogP contribution >= 0.6 is 23.2 Å². The Hall–Kier alpha value is -3.78. The lowest BCUT2D eigenvalue weighted by atomic mass is 9.71. The van der Waals surface area contributed by atoms with Crippen LogP contribution in [0.15, 0.2) is 48.7 Å². The lowest BCUT2D eigenvalue weighted by Crippen LogP contribution is -2.64. The lowest BCUT2D eigenvalue weighted by molar-refractivity contribution is -0.0625. The molecular formula is C40H50Cl2N6O4. The summed E-state index contributed by atoms with van der Waals surface area (Å²) in [7, 11) is 0. The van der Waals surface area contributed by atoms with Gasteiger partial charge in [-0.1, -0.05) is 37.6 Å². The molecule has 3 saturated heterocycles. The second-order valence-corrected chi connectivity index (χ2v) is 16.6. The number of rotatable bonds is 10. The fourth-order valence-corrected chi connectivity index (χ4v) is 7.90. The first-order valence-electron chi connectivity index (χ1n) is 18.2. The number of hydrogen-bond donors (Lipinski definition) is 0. The second kappa shape index (κ2) is 15.7. The van der Waals surface area contributed by atoms with E-state index in [0.29, 0.717) is 40.3 Å². The first kappa shape index (κ1) is 38.0. The number of benzene rings is 2. The maximum absolute atomic E-state index is 12.5. The van der Waals surface area contributed by atoms with Crippen LogP contribution in [0.25, 0.3) is 0 Å². The summed E-state index contributed by atoms with van der Waals surface area (Å²) in [5, 5.41) is 10.1. The molecule has 2 aromatic carbocycles. The zero-order valence-electron chi connectivity index (χ0n) is 31.0. The molecule has 0 bridgehead atoms. The highest BCUT2D eigenvalue weighted by molar-refractivity contribution is 6.32. The van der Waals surface area contributed by atoms with Gasteiger partial charge in [-0.15, -0.1) is 11.6 Å². The predicted molar refractivity (Wildman–Crippen MR) is 204 cm³/mol. The van der Waals surface area contributed by atoms with E-state index in [0.717, 1.165) is 93.5 Å². The Morgan fingerprint density at radius 2 is 1.67 bits per heavy atom. The van der Waals surface area contributed by atoms with E-state index in [1.54, 1.807) is 0 Å². The average molecular weight is 750 g/mol. The summed E-state index contributed by atoms with van der Waals surface area (Å²) in [4.78, 5) is 28.7. The van der Waals surface area contributed by atoms with Gasteiger partial charge in [-0.05, 0) is 93.3 Å². The third-order valence-corrected chi connectivity index (χ3v) is 11.1. The number of ether oxygens (including phenoxy) is 3. The Kier molecular flexibility index (Phi) is 11.4. The van der Waals surface area contributed by atoms with E-state index >= 15 is 0 Å². The van der Waals surface area contributed by atoms with Crippen LogP contribution < -0.4 is 14.4 Å². The van der Waals surface area contributed by atoms with Crippen LogP contribution in [0, 0.1) is 16.7 Å². The van der Waals surface area contributed by atoms with Gasteiger partial charge in [0.05, 0.1) is 22.2 Å². The molecule has 3 aromatic rings. The summed E-state index contributed by atoms with van der Waals surface area (Å²) in [6, 6.07) is 16.3. The number of carbonyl (C=O) groups excluding carboxylic acids is 1. The summed E-state index contributed by atoms with van der Waals surface area (Å²) < 4.78 is 17.4. The number of piperidine rings is 2. The minimum absolute atomic E-state index is 0.192. The molecule has 3 aliphatic heterocycles. The molecule has 3 fully saturated rings. The molecule has 52 heavy (non-hydrogen) atoms. The number of nitrogens with zero attached hydrogens (tertiary/aromatic N) is 6. The van der Waals surface area contributed by atoms with Crippen molar-refractivity contribution >= 4 is 35.2 Å². The topological polar surface area (TPSA) is 104 Å². The highest BCUT2D eigenvalue weighted by atomic mass is 35.5. The first-order valence-corrected chi connectivity index (χ1v) is 19.2. The molecule has 6 rings (SSSR count). The van der Waals surface area contributed by atoms with Gasteiger partial charge in [0.15, 0.2) is 5.75 Å². The van der Waals surface area contributed by atoms with E-state index in [9.17, 15) is 10.1 Å². The van der Waals surface area contributed by atoms with Crippen molar-refractivity contribution in [2.24, 2.45) is 5.41 Å². The van der Waals surface area contributed by atoms with Crippen molar-refractivity contribution in [1.29, 1.82) is 5.26 Å². The van der Waals surface area contributed by atoms with E-state index < -0.39 is 11.0 Å². The van der Waals surface area contributed by atoms with Crippen molar-refractivity contribution in [1.82, 2.24) is 19.8 Å². The lowest BCUT2D eigenvalue weighted by Gasteiger charge is -2.57. The van der Waals surface area contributed by atoms with Gasteiger partial charge in [-0.2, -0.15) is 5.26 Å². The van der Waals surface area contributed by atoms with Crippen molar-refractivity contribution < 1.29 is 19.0 Å². The van der Waals surface area contributed by atoms with Gasteiger partial charge >= 0.3 is 6.09 Å². The largest absolute Gasteiger partial charge is 0.489 e. The minimum Gasteiger partial charge on any atom is -0.489 e.